The standard InChI is InChI=1S/C26H34N6/c1-18-22(24(27)29-20-16-25(2,3)32(28)26(4,5)17-20)30-31(21-14-10-7-11-15-21)23(18)19-12-8-6-9-13-19/h6-15,20H,16-17,28H2,1-5H3,(H2,27,29). The second-order valence-corrected chi connectivity index (χ2v) is 10.0. The van der Waals surface area contributed by atoms with Crippen molar-refractivity contribution in [2.75, 3.05) is 0 Å². The van der Waals surface area contributed by atoms with Crippen molar-refractivity contribution >= 4 is 5.84 Å². The number of nitrogens with zero attached hydrogens (tertiary/aromatic N) is 4. The molecule has 0 bridgehead atoms. The number of benzene rings is 2. The maximum absolute atomic E-state index is 6.61. The van der Waals surface area contributed by atoms with Gasteiger partial charge >= 0.3 is 0 Å². The Morgan fingerprint density at radius 3 is 2.03 bits per heavy atom. The predicted octanol–water partition coefficient (Wildman–Crippen LogP) is 4.45. The first-order valence-electron chi connectivity index (χ1n) is 11.2. The second kappa shape index (κ2) is 8.19. The summed E-state index contributed by atoms with van der Waals surface area (Å²) in [5.41, 5.74) is 11.2. The lowest BCUT2D eigenvalue weighted by Gasteiger charge is -2.52. The molecule has 1 aromatic heterocycles. The summed E-state index contributed by atoms with van der Waals surface area (Å²) in [5.74, 6) is 6.89. The number of aromatic nitrogens is 2. The molecule has 1 fully saturated rings. The minimum atomic E-state index is -0.163. The van der Waals surface area contributed by atoms with Crippen LogP contribution in [-0.4, -0.2) is 37.7 Å². The first-order valence-corrected chi connectivity index (χ1v) is 11.2. The fourth-order valence-corrected chi connectivity index (χ4v) is 5.02. The third-order valence-corrected chi connectivity index (χ3v) is 6.51. The normalized spacial score (nSPS) is 19.2. The molecule has 3 aromatic rings. The summed E-state index contributed by atoms with van der Waals surface area (Å²) in [7, 11) is 0. The van der Waals surface area contributed by atoms with E-state index in [1.807, 2.05) is 46.1 Å². The Balaban J connectivity index is 1.78. The highest BCUT2D eigenvalue weighted by Gasteiger charge is 2.44. The van der Waals surface area contributed by atoms with E-state index >= 15 is 0 Å². The first kappa shape index (κ1) is 22.2. The van der Waals surface area contributed by atoms with Gasteiger partial charge in [-0.1, -0.05) is 48.5 Å². The van der Waals surface area contributed by atoms with Crippen LogP contribution in [0.5, 0.6) is 0 Å². The van der Waals surface area contributed by atoms with Gasteiger partial charge in [0.15, 0.2) is 0 Å². The van der Waals surface area contributed by atoms with Crippen molar-refractivity contribution in [3.05, 3.63) is 71.9 Å². The van der Waals surface area contributed by atoms with Gasteiger partial charge in [-0.2, -0.15) is 5.10 Å². The summed E-state index contributed by atoms with van der Waals surface area (Å²) in [5, 5.41) is 6.90. The molecule has 0 unspecified atom stereocenters. The topological polar surface area (TPSA) is 85.5 Å². The van der Waals surface area contributed by atoms with Gasteiger partial charge in [0.25, 0.3) is 0 Å². The van der Waals surface area contributed by atoms with Crippen LogP contribution in [0.1, 0.15) is 51.8 Å². The Morgan fingerprint density at radius 1 is 0.938 bits per heavy atom. The molecule has 1 aliphatic heterocycles. The van der Waals surface area contributed by atoms with Crippen molar-refractivity contribution in [1.29, 1.82) is 0 Å². The van der Waals surface area contributed by atoms with Gasteiger partial charge in [-0.05, 0) is 59.6 Å². The van der Waals surface area contributed by atoms with E-state index in [2.05, 4.69) is 58.9 Å². The van der Waals surface area contributed by atoms with Gasteiger partial charge < -0.3 is 5.73 Å². The zero-order chi connectivity index (χ0) is 23.1. The minimum absolute atomic E-state index is 0.0845. The highest BCUT2D eigenvalue weighted by Crippen LogP contribution is 2.37. The number of hydrogen-bond acceptors (Lipinski definition) is 4. The van der Waals surface area contributed by atoms with Gasteiger partial charge in [0.05, 0.1) is 17.4 Å². The number of rotatable bonds is 4. The molecule has 0 saturated carbocycles. The maximum atomic E-state index is 6.61. The monoisotopic (exact) mass is 430 g/mol. The van der Waals surface area contributed by atoms with Crippen molar-refractivity contribution < 1.29 is 0 Å². The van der Waals surface area contributed by atoms with E-state index < -0.39 is 0 Å². The molecule has 2 aromatic carbocycles. The van der Waals surface area contributed by atoms with Gasteiger partial charge in [0, 0.05) is 22.2 Å². The lowest BCUT2D eigenvalue weighted by Crippen LogP contribution is -2.64. The molecular weight excluding hydrogens is 396 g/mol. The molecule has 32 heavy (non-hydrogen) atoms. The summed E-state index contributed by atoms with van der Waals surface area (Å²) >= 11 is 0. The molecule has 2 heterocycles. The van der Waals surface area contributed by atoms with E-state index in [1.165, 1.54) is 0 Å². The molecule has 1 aliphatic rings. The fraction of sp³-hybridized carbons (Fsp3) is 0.385. The zero-order valence-corrected chi connectivity index (χ0v) is 19.7. The maximum Gasteiger partial charge on any atom is 0.147 e. The van der Waals surface area contributed by atoms with Gasteiger partial charge in [0.1, 0.15) is 11.5 Å². The molecule has 4 N–H and O–H groups in total. The van der Waals surface area contributed by atoms with E-state index in [0.29, 0.717) is 5.84 Å². The smallest absolute Gasteiger partial charge is 0.147 e. The van der Waals surface area contributed by atoms with Crippen molar-refractivity contribution in [2.45, 2.75) is 64.6 Å². The summed E-state index contributed by atoms with van der Waals surface area (Å²) in [6.45, 7) is 10.7. The van der Waals surface area contributed by atoms with Crippen LogP contribution in [0.3, 0.4) is 0 Å². The van der Waals surface area contributed by atoms with Crippen LogP contribution in [-0.2, 0) is 0 Å². The Kier molecular flexibility index (Phi) is 5.69. The Morgan fingerprint density at radius 2 is 1.47 bits per heavy atom. The van der Waals surface area contributed by atoms with E-state index in [0.717, 1.165) is 41.0 Å². The molecule has 0 radical (unpaired) electrons. The lowest BCUT2D eigenvalue weighted by atomic mass is 9.79. The fourth-order valence-electron chi connectivity index (χ4n) is 5.02. The quantitative estimate of drug-likeness (QED) is 0.364. The number of amidine groups is 1. The molecular formula is C26H34N6. The molecule has 6 nitrogen and oxygen atoms in total. The van der Waals surface area contributed by atoms with Crippen molar-refractivity contribution in [1.82, 2.24) is 14.8 Å². The Labute approximate surface area is 190 Å². The number of piperidine rings is 1. The number of nitrogens with two attached hydrogens (primary N) is 2. The molecule has 6 heteroatoms. The predicted molar refractivity (Wildman–Crippen MR) is 132 cm³/mol. The van der Waals surface area contributed by atoms with Crippen LogP contribution in [0.2, 0.25) is 0 Å². The third-order valence-electron chi connectivity index (χ3n) is 6.51. The van der Waals surface area contributed by atoms with Crippen molar-refractivity contribution in [2.24, 2.45) is 16.6 Å². The summed E-state index contributed by atoms with van der Waals surface area (Å²) in [6.07, 6.45) is 1.69. The number of aliphatic imine (C=N–C) groups is 1. The molecule has 0 spiro atoms. The molecule has 0 atom stereocenters. The molecule has 4 rings (SSSR count). The number of hydrogen-bond donors (Lipinski definition) is 2. The van der Waals surface area contributed by atoms with Crippen LogP contribution in [0.4, 0.5) is 0 Å². The van der Waals surface area contributed by atoms with E-state index in [9.17, 15) is 0 Å². The average molecular weight is 431 g/mol. The van der Waals surface area contributed by atoms with Crippen LogP contribution >= 0.6 is 0 Å². The lowest BCUT2D eigenvalue weighted by molar-refractivity contribution is -0.0355. The molecule has 168 valence electrons. The summed E-state index contributed by atoms with van der Waals surface area (Å²) in [6, 6.07) is 20.5. The highest BCUT2D eigenvalue weighted by molar-refractivity contribution is 5.98. The van der Waals surface area contributed by atoms with Gasteiger partial charge in [-0.15, -0.1) is 0 Å². The number of hydrazine groups is 1. The first-order chi connectivity index (χ1) is 15.1. The Hall–Kier alpha value is -2.96. The van der Waals surface area contributed by atoms with Crippen LogP contribution in [0.15, 0.2) is 65.7 Å². The molecule has 0 aliphatic carbocycles. The summed E-state index contributed by atoms with van der Waals surface area (Å²) in [4.78, 5) is 4.97. The SMILES string of the molecule is Cc1c(C(N)=NC2CC(C)(C)N(N)C(C)(C)C2)nn(-c2ccccc2)c1-c1ccccc1. The average Bonchev–Trinajstić information content (AvgIpc) is 3.10. The van der Waals surface area contributed by atoms with Crippen molar-refractivity contribution in [3.63, 3.8) is 0 Å². The molecule has 1 saturated heterocycles. The van der Waals surface area contributed by atoms with E-state index in [1.54, 1.807) is 0 Å². The van der Waals surface area contributed by atoms with E-state index in [-0.39, 0.29) is 17.1 Å². The van der Waals surface area contributed by atoms with Gasteiger partial charge in [0.2, 0.25) is 0 Å². The third kappa shape index (κ3) is 4.08. The second-order valence-electron chi connectivity index (χ2n) is 10.0. The largest absolute Gasteiger partial charge is 0.382 e. The van der Waals surface area contributed by atoms with Crippen molar-refractivity contribution in [3.8, 4) is 16.9 Å². The number of para-hydroxylation sites is 1. The Bertz CT molecular complexity index is 1090. The minimum Gasteiger partial charge on any atom is -0.382 e. The van der Waals surface area contributed by atoms with Crippen LogP contribution in [0, 0.1) is 6.92 Å². The summed E-state index contributed by atoms with van der Waals surface area (Å²) < 4.78 is 1.97. The van der Waals surface area contributed by atoms with Gasteiger partial charge in [-0.25, -0.2) is 9.69 Å². The van der Waals surface area contributed by atoms with Crippen LogP contribution in [0.25, 0.3) is 16.9 Å². The van der Waals surface area contributed by atoms with E-state index in [4.69, 9.17) is 21.7 Å². The van der Waals surface area contributed by atoms with Gasteiger partial charge in [-0.3, -0.25) is 10.8 Å². The zero-order valence-electron chi connectivity index (χ0n) is 19.7. The van der Waals surface area contributed by atoms with Crippen LogP contribution < -0.4 is 11.6 Å². The highest BCUT2D eigenvalue weighted by atomic mass is 15.5. The molecule has 0 amide bonds.